The highest BCUT2D eigenvalue weighted by Crippen LogP contribution is 2.26. The molecule has 0 spiro atoms. The van der Waals surface area contributed by atoms with Gasteiger partial charge in [-0.25, -0.2) is 8.78 Å². The van der Waals surface area contributed by atoms with Crippen LogP contribution in [0.2, 0.25) is 0 Å². The van der Waals surface area contributed by atoms with Crippen LogP contribution in [0, 0.1) is 23.3 Å². The van der Waals surface area contributed by atoms with E-state index >= 15 is 0 Å². The first kappa shape index (κ1) is 13.2. The van der Waals surface area contributed by atoms with Crippen molar-refractivity contribution in [2.24, 2.45) is 11.5 Å². The lowest BCUT2D eigenvalue weighted by atomic mass is 10.3. The van der Waals surface area contributed by atoms with Crippen LogP contribution in [0.4, 0.5) is 17.6 Å². The van der Waals surface area contributed by atoms with E-state index in [0.29, 0.717) is 0 Å². The second kappa shape index (κ2) is 5.00. The zero-order valence-corrected chi connectivity index (χ0v) is 8.34. The Kier molecular flexibility index (Phi) is 3.89. The zero-order chi connectivity index (χ0) is 13.2. The number of nitrogens with two attached hydrogens (primary N) is 2. The quantitative estimate of drug-likeness (QED) is 0.602. The SMILES string of the molecule is NC(=O)C(N)COc1c(F)c(F)cc(F)c1F. The highest BCUT2D eigenvalue weighted by Gasteiger charge is 2.22. The first-order chi connectivity index (χ1) is 7.84. The molecule has 1 atom stereocenters. The van der Waals surface area contributed by atoms with Gasteiger partial charge in [-0.2, -0.15) is 8.78 Å². The number of hydrogen-bond donors (Lipinski definition) is 2. The Balaban J connectivity index is 2.95. The number of hydrogen-bond acceptors (Lipinski definition) is 3. The van der Waals surface area contributed by atoms with Gasteiger partial charge in [-0.1, -0.05) is 0 Å². The molecule has 0 aromatic heterocycles. The van der Waals surface area contributed by atoms with Crippen LogP contribution in [0.15, 0.2) is 6.07 Å². The molecule has 0 heterocycles. The first-order valence-corrected chi connectivity index (χ1v) is 4.35. The fraction of sp³-hybridized carbons (Fsp3) is 0.222. The normalized spacial score (nSPS) is 12.3. The minimum absolute atomic E-state index is 0.0333. The number of carbonyl (C=O) groups excluding carboxylic acids is 1. The average molecular weight is 252 g/mol. The molecule has 0 bridgehead atoms. The maximum atomic E-state index is 13.0. The number of benzene rings is 1. The van der Waals surface area contributed by atoms with Crippen molar-refractivity contribution >= 4 is 5.91 Å². The summed E-state index contributed by atoms with van der Waals surface area (Å²) in [5.41, 5.74) is 9.87. The molecule has 0 aliphatic heterocycles. The number of primary amides is 1. The minimum atomic E-state index is -1.71. The van der Waals surface area contributed by atoms with Crippen molar-refractivity contribution in [2.75, 3.05) is 6.61 Å². The summed E-state index contributed by atoms with van der Waals surface area (Å²) in [5.74, 6) is -8.92. The second-order valence-corrected chi connectivity index (χ2v) is 3.12. The summed E-state index contributed by atoms with van der Waals surface area (Å²) < 4.78 is 55.9. The molecule has 0 radical (unpaired) electrons. The van der Waals surface area contributed by atoms with Crippen molar-refractivity contribution < 1.29 is 27.1 Å². The molecule has 4 nitrogen and oxygen atoms in total. The smallest absolute Gasteiger partial charge is 0.237 e. The molecule has 0 aliphatic rings. The summed E-state index contributed by atoms with van der Waals surface area (Å²) in [5, 5.41) is 0. The third-order valence-electron chi connectivity index (χ3n) is 1.84. The van der Waals surface area contributed by atoms with E-state index in [1.807, 2.05) is 0 Å². The van der Waals surface area contributed by atoms with Gasteiger partial charge in [0.05, 0.1) is 0 Å². The van der Waals surface area contributed by atoms with E-state index in [2.05, 4.69) is 4.74 Å². The Morgan fingerprint density at radius 3 is 2.12 bits per heavy atom. The molecule has 1 rings (SSSR count). The van der Waals surface area contributed by atoms with Gasteiger partial charge in [0, 0.05) is 6.07 Å². The summed E-state index contributed by atoms with van der Waals surface area (Å²) in [7, 11) is 0. The van der Waals surface area contributed by atoms with Crippen molar-refractivity contribution in [3.05, 3.63) is 29.3 Å². The predicted octanol–water partition coefficient (Wildman–Crippen LogP) is 0.434. The molecule has 1 aromatic rings. The number of rotatable bonds is 4. The Morgan fingerprint density at radius 1 is 1.24 bits per heavy atom. The topological polar surface area (TPSA) is 78.3 Å². The van der Waals surface area contributed by atoms with Gasteiger partial charge in [0.25, 0.3) is 0 Å². The largest absolute Gasteiger partial charge is 0.485 e. The summed E-state index contributed by atoms with van der Waals surface area (Å²) >= 11 is 0. The Labute approximate surface area is 93.1 Å². The molecule has 1 aromatic carbocycles. The molecule has 0 aliphatic carbocycles. The molecule has 0 saturated heterocycles. The molecule has 8 heteroatoms. The van der Waals surface area contributed by atoms with Crippen LogP contribution in [-0.2, 0) is 4.79 Å². The Bertz CT molecular complexity index is 427. The van der Waals surface area contributed by atoms with Gasteiger partial charge in [0.1, 0.15) is 12.6 Å². The van der Waals surface area contributed by atoms with Crippen LogP contribution in [0.5, 0.6) is 5.75 Å². The standard InChI is InChI=1S/C9H8F4N2O2/c10-3-1-4(11)7(13)8(6(3)12)17-2-5(14)9(15)16/h1,5H,2,14H2,(H2,15,16). The summed E-state index contributed by atoms with van der Waals surface area (Å²) in [4.78, 5) is 10.5. The lowest BCUT2D eigenvalue weighted by Crippen LogP contribution is -2.41. The molecule has 4 N–H and O–H groups in total. The molecule has 0 fully saturated rings. The molecule has 1 amide bonds. The van der Waals surface area contributed by atoms with Gasteiger partial charge in [0.15, 0.2) is 17.4 Å². The van der Waals surface area contributed by atoms with Crippen molar-refractivity contribution in [3.8, 4) is 5.75 Å². The maximum absolute atomic E-state index is 13.0. The lowest BCUT2D eigenvalue weighted by Gasteiger charge is -2.11. The van der Waals surface area contributed by atoms with Crippen LogP contribution in [0.3, 0.4) is 0 Å². The Hall–Kier alpha value is -1.83. The van der Waals surface area contributed by atoms with Crippen LogP contribution < -0.4 is 16.2 Å². The van der Waals surface area contributed by atoms with Crippen LogP contribution in [-0.4, -0.2) is 18.6 Å². The lowest BCUT2D eigenvalue weighted by molar-refractivity contribution is -0.119. The highest BCUT2D eigenvalue weighted by molar-refractivity contribution is 5.79. The summed E-state index contributed by atoms with van der Waals surface area (Å²) in [6.45, 7) is -0.702. The maximum Gasteiger partial charge on any atom is 0.237 e. The van der Waals surface area contributed by atoms with Gasteiger partial charge in [-0.15, -0.1) is 0 Å². The van der Waals surface area contributed by atoms with Gasteiger partial charge >= 0.3 is 0 Å². The van der Waals surface area contributed by atoms with E-state index in [1.165, 1.54) is 0 Å². The van der Waals surface area contributed by atoms with E-state index < -0.39 is 47.6 Å². The van der Waals surface area contributed by atoms with Crippen LogP contribution in [0.25, 0.3) is 0 Å². The third kappa shape index (κ3) is 2.84. The van der Waals surface area contributed by atoms with Gasteiger partial charge in [-0.3, -0.25) is 4.79 Å². The van der Waals surface area contributed by atoms with Gasteiger partial charge < -0.3 is 16.2 Å². The molecule has 1 unspecified atom stereocenters. The first-order valence-electron chi connectivity index (χ1n) is 4.35. The molecule has 0 saturated carbocycles. The number of ether oxygens (including phenoxy) is 1. The molecule has 94 valence electrons. The number of halogens is 4. The van der Waals surface area contributed by atoms with E-state index in [9.17, 15) is 22.4 Å². The fourth-order valence-corrected chi connectivity index (χ4v) is 0.933. The van der Waals surface area contributed by atoms with Crippen molar-refractivity contribution in [1.82, 2.24) is 0 Å². The van der Waals surface area contributed by atoms with E-state index in [4.69, 9.17) is 11.5 Å². The fourth-order valence-electron chi connectivity index (χ4n) is 0.933. The molecular weight excluding hydrogens is 244 g/mol. The zero-order valence-electron chi connectivity index (χ0n) is 8.34. The second-order valence-electron chi connectivity index (χ2n) is 3.12. The molecule has 17 heavy (non-hydrogen) atoms. The summed E-state index contributed by atoms with van der Waals surface area (Å²) in [6.07, 6.45) is 0. The number of amides is 1. The van der Waals surface area contributed by atoms with E-state index in [1.54, 1.807) is 0 Å². The van der Waals surface area contributed by atoms with Gasteiger partial charge in [-0.05, 0) is 0 Å². The monoisotopic (exact) mass is 252 g/mol. The van der Waals surface area contributed by atoms with E-state index in [-0.39, 0.29) is 6.07 Å². The van der Waals surface area contributed by atoms with Crippen LogP contribution >= 0.6 is 0 Å². The van der Waals surface area contributed by atoms with E-state index in [0.717, 1.165) is 0 Å². The minimum Gasteiger partial charge on any atom is -0.485 e. The summed E-state index contributed by atoms with van der Waals surface area (Å²) in [6, 6.07) is -1.31. The van der Waals surface area contributed by atoms with Gasteiger partial charge in [0.2, 0.25) is 17.5 Å². The van der Waals surface area contributed by atoms with Crippen molar-refractivity contribution in [3.63, 3.8) is 0 Å². The predicted molar refractivity (Wildman–Crippen MR) is 48.9 cm³/mol. The third-order valence-corrected chi connectivity index (χ3v) is 1.84. The Morgan fingerprint density at radius 2 is 1.71 bits per heavy atom. The highest BCUT2D eigenvalue weighted by atomic mass is 19.2. The number of carbonyl (C=O) groups is 1. The van der Waals surface area contributed by atoms with Crippen molar-refractivity contribution in [1.29, 1.82) is 0 Å². The van der Waals surface area contributed by atoms with Crippen molar-refractivity contribution in [2.45, 2.75) is 6.04 Å². The molecular formula is C9H8F4N2O2. The average Bonchev–Trinajstić information content (AvgIpc) is 2.26. The van der Waals surface area contributed by atoms with Crippen LogP contribution in [0.1, 0.15) is 0 Å².